The molecule has 1 aliphatic rings. The number of aromatic nitrogens is 2. The molecular weight excluding hydrogens is 381 g/mol. The summed E-state index contributed by atoms with van der Waals surface area (Å²) in [6.45, 7) is 2.04. The number of hydrogen-bond acceptors (Lipinski definition) is 4. The van der Waals surface area contributed by atoms with Crippen molar-refractivity contribution in [1.82, 2.24) is 9.78 Å². The highest BCUT2D eigenvalue weighted by molar-refractivity contribution is 8.00. The number of anilines is 1. The van der Waals surface area contributed by atoms with Gasteiger partial charge in [0, 0.05) is 22.0 Å². The third kappa shape index (κ3) is 4.04. The maximum atomic E-state index is 13.0. The minimum Gasteiger partial charge on any atom is -0.310 e. The first-order valence-electron chi connectivity index (χ1n) is 8.54. The predicted octanol–water partition coefficient (Wildman–Crippen LogP) is 4.80. The van der Waals surface area contributed by atoms with Crippen molar-refractivity contribution in [3.8, 4) is 5.69 Å². The Kier molecular flexibility index (Phi) is 5.22. The Hall–Kier alpha value is -2.25. The van der Waals surface area contributed by atoms with Gasteiger partial charge in [0.15, 0.2) is 0 Å². The van der Waals surface area contributed by atoms with Crippen molar-refractivity contribution < 1.29 is 9.18 Å². The molecule has 7 heteroatoms. The van der Waals surface area contributed by atoms with Crippen molar-refractivity contribution >= 4 is 35.2 Å². The van der Waals surface area contributed by atoms with Gasteiger partial charge in [-0.15, -0.1) is 11.8 Å². The zero-order chi connectivity index (χ0) is 18.8. The van der Waals surface area contributed by atoms with Gasteiger partial charge in [0.2, 0.25) is 5.91 Å². The molecular formula is C20H18FN3OS2. The average molecular weight is 400 g/mol. The molecule has 4 nitrogen and oxygen atoms in total. The summed E-state index contributed by atoms with van der Waals surface area (Å²) >= 11 is 3.18. The monoisotopic (exact) mass is 399 g/mol. The van der Waals surface area contributed by atoms with E-state index in [2.05, 4.69) is 5.32 Å². The summed E-state index contributed by atoms with van der Waals surface area (Å²) in [4.78, 5) is 13.4. The fourth-order valence-electron chi connectivity index (χ4n) is 2.86. The van der Waals surface area contributed by atoms with E-state index in [0.717, 1.165) is 39.2 Å². The molecule has 27 heavy (non-hydrogen) atoms. The van der Waals surface area contributed by atoms with Crippen LogP contribution in [0.5, 0.6) is 0 Å². The number of benzene rings is 2. The minimum atomic E-state index is -0.279. The molecule has 1 N–H and O–H groups in total. The highest BCUT2D eigenvalue weighted by atomic mass is 32.2. The molecule has 2 heterocycles. The zero-order valence-corrected chi connectivity index (χ0v) is 16.4. The Morgan fingerprint density at radius 3 is 2.67 bits per heavy atom. The number of thioether (sulfide) groups is 2. The molecule has 0 bridgehead atoms. The number of aryl methyl sites for hydroxylation is 1. The molecule has 3 aromatic rings. The van der Waals surface area contributed by atoms with Gasteiger partial charge in [-0.3, -0.25) is 4.79 Å². The van der Waals surface area contributed by atoms with Crippen LogP contribution in [0.3, 0.4) is 0 Å². The molecule has 138 valence electrons. The SMILES string of the molecule is Cc1ccc(-n2nc3c(c2NC(=O)CSc2ccc(F)cc2)CSC3)cc1. The van der Waals surface area contributed by atoms with Crippen molar-refractivity contribution in [2.45, 2.75) is 23.3 Å². The summed E-state index contributed by atoms with van der Waals surface area (Å²) in [5.74, 6) is 2.34. The molecule has 0 radical (unpaired) electrons. The smallest absolute Gasteiger partial charge is 0.235 e. The topological polar surface area (TPSA) is 46.9 Å². The lowest BCUT2D eigenvalue weighted by Crippen LogP contribution is -2.18. The van der Waals surface area contributed by atoms with Gasteiger partial charge in [0.25, 0.3) is 0 Å². The summed E-state index contributed by atoms with van der Waals surface area (Å²) in [5, 5.41) is 7.74. The van der Waals surface area contributed by atoms with E-state index in [1.54, 1.807) is 23.9 Å². The predicted molar refractivity (Wildman–Crippen MR) is 109 cm³/mol. The molecule has 0 aliphatic carbocycles. The zero-order valence-electron chi connectivity index (χ0n) is 14.7. The van der Waals surface area contributed by atoms with Gasteiger partial charge in [-0.2, -0.15) is 16.9 Å². The number of fused-ring (bicyclic) bond motifs is 1. The molecule has 1 aliphatic heterocycles. The van der Waals surface area contributed by atoms with Crippen LogP contribution < -0.4 is 5.32 Å². The Labute approximate surface area is 165 Å². The van der Waals surface area contributed by atoms with Crippen LogP contribution in [-0.4, -0.2) is 21.4 Å². The van der Waals surface area contributed by atoms with E-state index in [9.17, 15) is 9.18 Å². The number of carbonyl (C=O) groups excluding carboxylic acids is 1. The van der Waals surface area contributed by atoms with Gasteiger partial charge in [-0.1, -0.05) is 17.7 Å². The van der Waals surface area contributed by atoms with Crippen molar-refractivity contribution in [2.24, 2.45) is 0 Å². The summed E-state index contributed by atoms with van der Waals surface area (Å²) in [5.41, 5.74) is 4.24. The summed E-state index contributed by atoms with van der Waals surface area (Å²) in [6.07, 6.45) is 0. The molecule has 0 atom stereocenters. The second-order valence-electron chi connectivity index (χ2n) is 6.30. The third-order valence-corrected chi connectivity index (χ3v) is 6.25. The van der Waals surface area contributed by atoms with Gasteiger partial charge in [-0.25, -0.2) is 9.07 Å². The van der Waals surface area contributed by atoms with E-state index in [1.165, 1.54) is 29.5 Å². The molecule has 1 aromatic heterocycles. The van der Waals surface area contributed by atoms with Crippen LogP contribution in [0.25, 0.3) is 5.69 Å². The number of nitrogens with one attached hydrogen (secondary N) is 1. The number of nitrogens with zero attached hydrogens (tertiary/aromatic N) is 2. The first-order chi connectivity index (χ1) is 13.1. The number of amides is 1. The number of halogens is 1. The van der Waals surface area contributed by atoms with E-state index in [4.69, 9.17) is 5.10 Å². The normalized spacial score (nSPS) is 12.8. The number of carbonyl (C=O) groups is 1. The van der Waals surface area contributed by atoms with E-state index in [1.807, 2.05) is 35.9 Å². The van der Waals surface area contributed by atoms with Crippen LogP contribution >= 0.6 is 23.5 Å². The number of rotatable bonds is 5. The van der Waals surface area contributed by atoms with Crippen LogP contribution in [0.2, 0.25) is 0 Å². The first-order valence-corrected chi connectivity index (χ1v) is 10.7. The van der Waals surface area contributed by atoms with Gasteiger partial charge < -0.3 is 5.32 Å². The molecule has 0 unspecified atom stereocenters. The van der Waals surface area contributed by atoms with Crippen molar-refractivity contribution in [1.29, 1.82) is 0 Å². The minimum absolute atomic E-state index is 0.0997. The van der Waals surface area contributed by atoms with Gasteiger partial charge in [0.1, 0.15) is 11.6 Å². The Morgan fingerprint density at radius 2 is 1.93 bits per heavy atom. The van der Waals surface area contributed by atoms with E-state index < -0.39 is 0 Å². The molecule has 2 aromatic carbocycles. The quantitative estimate of drug-likeness (QED) is 0.626. The fourth-order valence-corrected chi connectivity index (χ4v) is 4.60. The summed E-state index contributed by atoms with van der Waals surface area (Å²) in [7, 11) is 0. The van der Waals surface area contributed by atoms with E-state index >= 15 is 0 Å². The van der Waals surface area contributed by atoms with Crippen molar-refractivity contribution in [2.75, 3.05) is 11.1 Å². The molecule has 0 saturated carbocycles. The van der Waals surface area contributed by atoms with Crippen LogP contribution in [0.4, 0.5) is 10.2 Å². The standard InChI is InChI=1S/C20H18FN3OS2/c1-13-2-6-15(7-3-13)24-20(17-10-26-11-18(17)23-24)22-19(25)12-27-16-8-4-14(21)5-9-16/h2-9H,10-12H2,1H3,(H,22,25). The van der Waals surface area contributed by atoms with Crippen LogP contribution in [-0.2, 0) is 16.3 Å². The first kappa shape index (κ1) is 18.1. The van der Waals surface area contributed by atoms with E-state index in [0.29, 0.717) is 0 Å². The Balaban J connectivity index is 1.53. The molecule has 0 saturated heterocycles. The van der Waals surface area contributed by atoms with Crippen LogP contribution in [0.1, 0.15) is 16.8 Å². The molecule has 4 rings (SSSR count). The summed E-state index contributed by atoms with van der Waals surface area (Å²) in [6, 6.07) is 14.2. The lowest BCUT2D eigenvalue weighted by Gasteiger charge is -2.11. The largest absolute Gasteiger partial charge is 0.310 e. The van der Waals surface area contributed by atoms with E-state index in [-0.39, 0.29) is 17.5 Å². The third-order valence-electron chi connectivity index (χ3n) is 4.27. The van der Waals surface area contributed by atoms with Gasteiger partial charge in [-0.05, 0) is 43.3 Å². The highest BCUT2D eigenvalue weighted by Gasteiger charge is 2.24. The molecule has 0 spiro atoms. The van der Waals surface area contributed by atoms with Crippen LogP contribution in [0.15, 0.2) is 53.4 Å². The summed E-state index contributed by atoms with van der Waals surface area (Å²) < 4.78 is 14.8. The van der Waals surface area contributed by atoms with Crippen molar-refractivity contribution in [3.63, 3.8) is 0 Å². The maximum absolute atomic E-state index is 13.0. The molecule has 1 amide bonds. The van der Waals surface area contributed by atoms with Gasteiger partial charge >= 0.3 is 0 Å². The number of hydrogen-bond donors (Lipinski definition) is 1. The van der Waals surface area contributed by atoms with Crippen molar-refractivity contribution in [3.05, 3.63) is 71.2 Å². The maximum Gasteiger partial charge on any atom is 0.235 e. The Bertz CT molecular complexity index is 968. The fraction of sp³-hybridized carbons (Fsp3) is 0.200. The average Bonchev–Trinajstić information content (AvgIpc) is 3.25. The van der Waals surface area contributed by atoms with Crippen LogP contribution in [0, 0.1) is 12.7 Å². The Morgan fingerprint density at radius 1 is 1.19 bits per heavy atom. The lowest BCUT2D eigenvalue weighted by molar-refractivity contribution is -0.113. The highest BCUT2D eigenvalue weighted by Crippen LogP contribution is 2.36. The van der Waals surface area contributed by atoms with Gasteiger partial charge in [0.05, 0.1) is 17.1 Å². The molecule has 0 fully saturated rings. The second kappa shape index (κ2) is 7.78. The lowest BCUT2D eigenvalue weighted by atomic mass is 10.2. The second-order valence-corrected chi connectivity index (χ2v) is 8.34.